The number of aliphatic carboxylic acids is 1. The van der Waals surface area contributed by atoms with E-state index < -0.39 is 5.97 Å². The lowest BCUT2D eigenvalue weighted by Gasteiger charge is -2.15. The Bertz CT molecular complexity index is 376. The first kappa shape index (κ1) is 12.7. The zero-order valence-corrected chi connectivity index (χ0v) is 11.4. The Labute approximate surface area is 107 Å². The number of carbonyl (C=O) groups is 1. The molecule has 0 aromatic carbocycles. The topological polar surface area (TPSA) is 55.1 Å². The van der Waals surface area contributed by atoms with Gasteiger partial charge in [0.05, 0.1) is 12.1 Å². The van der Waals surface area contributed by atoms with E-state index in [2.05, 4.69) is 25.5 Å². The van der Waals surface area contributed by atoms with Crippen LogP contribution in [0.5, 0.6) is 0 Å². The van der Waals surface area contributed by atoms with Crippen molar-refractivity contribution < 1.29 is 9.90 Å². The van der Waals surface area contributed by atoms with Gasteiger partial charge < -0.3 is 9.67 Å². The third-order valence-electron chi connectivity index (χ3n) is 2.47. The number of nitrogens with zero attached hydrogens (tertiary/aromatic N) is 2. The van der Waals surface area contributed by atoms with Crippen molar-refractivity contribution in [2.75, 3.05) is 0 Å². The van der Waals surface area contributed by atoms with Crippen LogP contribution >= 0.6 is 32.9 Å². The second-order valence-corrected chi connectivity index (χ2v) is 4.16. The number of halogens is 2. The van der Waals surface area contributed by atoms with Crippen molar-refractivity contribution in [2.24, 2.45) is 0 Å². The molecule has 0 aliphatic carbocycles. The lowest BCUT2D eigenvalue weighted by Crippen LogP contribution is -2.12. The summed E-state index contributed by atoms with van der Waals surface area (Å²) < 4.78 is 2.84. The summed E-state index contributed by atoms with van der Waals surface area (Å²) >= 11 is 3.35. The largest absolute Gasteiger partial charge is 0.481 e. The molecule has 15 heavy (non-hydrogen) atoms. The number of carboxylic acids is 1. The molecule has 1 N–H and O–H groups in total. The van der Waals surface area contributed by atoms with Crippen LogP contribution in [0.1, 0.15) is 24.2 Å². The summed E-state index contributed by atoms with van der Waals surface area (Å²) in [4.78, 5) is 14.8. The molecular formula is C9H12Br2N2O2. The molecule has 0 fully saturated rings. The molecule has 0 saturated carbocycles. The predicted octanol–water partition coefficient (Wildman–Crippen LogP) is 2.19. The average molecular weight is 340 g/mol. The van der Waals surface area contributed by atoms with Crippen LogP contribution in [0, 0.1) is 0 Å². The van der Waals surface area contributed by atoms with Crippen molar-refractivity contribution in [2.45, 2.75) is 32.2 Å². The normalized spacial score (nSPS) is 14.2. The van der Waals surface area contributed by atoms with Crippen molar-refractivity contribution in [1.29, 1.82) is 0 Å². The van der Waals surface area contributed by atoms with Crippen LogP contribution in [0.25, 0.3) is 0 Å². The van der Waals surface area contributed by atoms with Gasteiger partial charge in [0.25, 0.3) is 0 Å². The lowest BCUT2D eigenvalue weighted by atomic mass is 10.1. The fraction of sp³-hybridized carbons (Fsp3) is 0.556. The van der Waals surface area contributed by atoms with Gasteiger partial charge in [-0.1, -0.05) is 0 Å². The molecular weight excluding hydrogens is 328 g/mol. The minimum absolute atomic E-state index is 0. The molecule has 0 radical (unpaired) electrons. The van der Waals surface area contributed by atoms with Gasteiger partial charge in [-0.3, -0.25) is 4.79 Å². The van der Waals surface area contributed by atoms with Gasteiger partial charge in [-0.25, -0.2) is 4.98 Å². The molecule has 0 spiro atoms. The molecule has 0 atom stereocenters. The number of rotatable bonds is 2. The Morgan fingerprint density at radius 3 is 2.93 bits per heavy atom. The Kier molecular flexibility index (Phi) is 4.33. The first-order chi connectivity index (χ1) is 6.68. The molecule has 0 bridgehead atoms. The zero-order valence-electron chi connectivity index (χ0n) is 8.07. The summed E-state index contributed by atoms with van der Waals surface area (Å²) in [5.41, 5.74) is 1.80. The highest BCUT2D eigenvalue weighted by Crippen LogP contribution is 2.24. The minimum Gasteiger partial charge on any atom is -0.481 e. The van der Waals surface area contributed by atoms with Gasteiger partial charge in [0.15, 0.2) is 4.73 Å². The molecule has 4 nitrogen and oxygen atoms in total. The van der Waals surface area contributed by atoms with Crippen molar-refractivity contribution in [1.82, 2.24) is 9.55 Å². The Balaban J connectivity index is 0.00000112. The van der Waals surface area contributed by atoms with Crippen molar-refractivity contribution in [3.8, 4) is 0 Å². The Hall–Kier alpha value is -0.360. The van der Waals surface area contributed by atoms with Gasteiger partial charge in [-0.15, -0.1) is 17.0 Å². The molecule has 2 heterocycles. The third-order valence-corrected chi connectivity index (χ3v) is 3.08. The van der Waals surface area contributed by atoms with Crippen LogP contribution in [-0.2, 0) is 24.2 Å². The summed E-state index contributed by atoms with van der Waals surface area (Å²) in [5.74, 6) is -0.816. The molecule has 0 amide bonds. The maximum absolute atomic E-state index is 10.6. The van der Waals surface area contributed by atoms with E-state index in [0.29, 0.717) is 5.69 Å². The predicted molar refractivity (Wildman–Crippen MR) is 64.5 cm³/mol. The third kappa shape index (κ3) is 2.60. The quantitative estimate of drug-likeness (QED) is 0.898. The van der Waals surface area contributed by atoms with Gasteiger partial charge >= 0.3 is 5.97 Å². The van der Waals surface area contributed by atoms with E-state index in [4.69, 9.17) is 5.11 Å². The second kappa shape index (κ2) is 5.12. The van der Waals surface area contributed by atoms with E-state index in [1.807, 2.05) is 0 Å². The van der Waals surface area contributed by atoms with Crippen LogP contribution in [0.4, 0.5) is 0 Å². The second-order valence-electron chi connectivity index (χ2n) is 3.45. The number of hydrogen-bond donors (Lipinski definition) is 1. The standard InChI is InChI=1S/C9H11BrN2O2.BrH/c10-9-11-6(5-8(13)14)7-3-1-2-4-12(7)9;/h1-5H2,(H,13,14);1H. The zero-order chi connectivity index (χ0) is 10.1. The van der Waals surface area contributed by atoms with Gasteiger partial charge in [0.2, 0.25) is 0 Å². The molecule has 84 valence electrons. The molecule has 1 aromatic rings. The number of fused-ring (bicyclic) bond motifs is 1. The van der Waals surface area contributed by atoms with Crippen LogP contribution in [0.15, 0.2) is 4.73 Å². The van der Waals surface area contributed by atoms with Crippen molar-refractivity contribution in [3.63, 3.8) is 0 Å². The smallest absolute Gasteiger partial charge is 0.309 e. The molecule has 1 aliphatic rings. The van der Waals surface area contributed by atoms with Crippen LogP contribution in [0.2, 0.25) is 0 Å². The van der Waals surface area contributed by atoms with E-state index in [1.165, 1.54) is 0 Å². The van der Waals surface area contributed by atoms with Gasteiger partial charge in [0, 0.05) is 12.2 Å². The highest BCUT2D eigenvalue weighted by molar-refractivity contribution is 9.10. The maximum Gasteiger partial charge on any atom is 0.309 e. The average Bonchev–Trinajstić information content (AvgIpc) is 2.44. The van der Waals surface area contributed by atoms with Crippen molar-refractivity contribution >= 4 is 38.9 Å². The Morgan fingerprint density at radius 2 is 2.27 bits per heavy atom. The highest BCUT2D eigenvalue weighted by Gasteiger charge is 2.19. The molecule has 1 aromatic heterocycles. The van der Waals surface area contributed by atoms with E-state index in [9.17, 15) is 4.79 Å². The summed E-state index contributed by atoms with van der Waals surface area (Å²) in [7, 11) is 0. The van der Waals surface area contributed by atoms with E-state index in [-0.39, 0.29) is 23.4 Å². The fourth-order valence-electron chi connectivity index (χ4n) is 1.86. The maximum atomic E-state index is 10.6. The lowest BCUT2D eigenvalue weighted by molar-refractivity contribution is -0.136. The number of carboxylic acid groups (broad SMARTS) is 1. The SMILES string of the molecule is Br.O=C(O)Cc1nc(Br)n2c1CCCC2. The summed E-state index contributed by atoms with van der Waals surface area (Å²) in [6.45, 7) is 0.947. The summed E-state index contributed by atoms with van der Waals surface area (Å²) in [6, 6.07) is 0. The van der Waals surface area contributed by atoms with Gasteiger partial charge in [-0.2, -0.15) is 0 Å². The monoisotopic (exact) mass is 338 g/mol. The van der Waals surface area contributed by atoms with Crippen LogP contribution in [0.3, 0.4) is 0 Å². The summed E-state index contributed by atoms with van der Waals surface area (Å²) in [5, 5.41) is 8.71. The number of imidazole rings is 1. The molecule has 0 saturated heterocycles. The van der Waals surface area contributed by atoms with E-state index in [0.717, 1.165) is 36.2 Å². The van der Waals surface area contributed by atoms with Crippen molar-refractivity contribution in [3.05, 3.63) is 16.1 Å². The number of aromatic nitrogens is 2. The molecule has 0 unspecified atom stereocenters. The Morgan fingerprint density at radius 1 is 1.53 bits per heavy atom. The summed E-state index contributed by atoms with van der Waals surface area (Å²) in [6.07, 6.45) is 3.25. The number of hydrogen-bond acceptors (Lipinski definition) is 2. The first-order valence-electron chi connectivity index (χ1n) is 4.64. The van der Waals surface area contributed by atoms with E-state index >= 15 is 0 Å². The first-order valence-corrected chi connectivity index (χ1v) is 5.43. The van der Waals surface area contributed by atoms with Crippen LogP contribution < -0.4 is 0 Å². The molecule has 6 heteroatoms. The molecule has 2 rings (SSSR count). The molecule has 1 aliphatic heterocycles. The highest BCUT2D eigenvalue weighted by atomic mass is 79.9. The fourth-order valence-corrected chi connectivity index (χ4v) is 2.46. The van der Waals surface area contributed by atoms with Gasteiger partial charge in [-0.05, 0) is 35.2 Å². The van der Waals surface area contributed by atoms with E-state index in [1.54, 1.807) is 0 Å². The minimum atomic E-state index is -0.816. The van der Waals surface area contributed by atoms with Gasteiger partial charge in [0.1, 0.15) is 0 Å². The van der Waals surface area contributed by atoms with Crippen LogP contribution in [-0.4, -0.2) is 20.6 Å².